The molecule has 2 aliphatic rings. The fourth-order valence-electron chi connectivity index (χ4n) is 4.00. The fourth-order valence-corrected chi connectivity index (χ4v) is 4.00. The Morgan fingerprint density at radius 3 is 1.94 bits per heavy atom. The van der Waals surface area contributed by atoms with Crippen LogP contribution in [0.4, 0.5) is 0 Å². The first-order valence-corrected chi connectivity index (χ1v) is 7.89. The lowest BCUT2D eigenvalue weighted by Gasteiger charge is -2.56. The lowest BCUT2D eigenvalue weighted by Crippen LogP contribution is -2.57. The van der Waals surface area contributed by atoms with Gasteiger partial charge in [0.2, 0.25) is 0 Å². The largest absolute Gasteiger partial charge is 0.301 e. The van der Waals surface area contributed by atoms with Gasteiger partial charge >= 0.3 is 0 Å². The van der Waals surface area contributed by atoms with Crippen molar-refractivity contribution in [3.8, 4) is 0 Å². The number of likely N-dealkylation sites (tertiary alicyclic amines) is 1. The van der Waals surface area contributed by atoms with Gasteiger partial charge in [-0.1, -0.05) is 13.8 Å². The smallest absolute Gasteiger partial charge is 0.0125 e. The van der Waals surface area contributed by atoms with Gasteiger partial charge in [0, 0.05) is 11.6 Å². The summed E-state index contributed by atoms with van der Waals surface area (Å²) in [7, 11) is 0. The maximum atomic E-state index is 2.67. The molecule has 2 fully saturated rings. The van der Waals surface area contributed by atoms with E-state index in [1.807, 2.05) is 0 Å². The number of hydrogen-bond donors (Lipinski definition) is 0. The molecule has 1 saturated heterocycles. The van der Waals surface area contributed by atoms with Crippen LogP contribution in [0.5, 0.6) is 0 Å². The van der Waals surface area contributed by atoms with Crippen LogP contribution < -0.4 is 0 Å². The molecule has 0 atom stereocenters. The van der Waals surface area contributed by atoms with E-state index in [4.69, 9.17) is 0 Å². The fraction of sp³-hybridized carbons (Fsp3) is 1.00. The standard InChI is InChI=1S/C16H32N2/c1-6-17(7-2)14-12-16(13-14)8-10-18(11-9-16)15(3,4)5/h14H,6-13H2,1-5H3. The average Bonchev–Trinajstić information content (AvgIpc) is 2.28. The Balaban J connectivity index is 1.82. The minimum Gasteiger partial charge on any atom is -0.301 e. The SMILES string of the molecule is CCN(CC)C1CC2(CCN(C(C)(C)C)CC2)C1. The summed E-state index contributed by atoms with van der Waals surface area (Å²) in [5, 5.41) is 0. The molecule has 0 unspecified atom stereocenters. The average molecular weight is 252 g/mol. The minimum absolute atomic E-state index is 0.365. The second-order valence-corrected chi connectivity index (χ2v) is 7.44. The van der Waals surface area contributed by atoms with E-state index in [0.29, 0.717) is 5.54 Å². The van der Waals surface area contributed by atoms with Gasteiger partial charge in [-0.15, -0.1) is 0 Å². The molecule has 1 spiro atoms. The minimum atomic E-state index is 0.365. The molecule has 1 saturated carbocycles. The highest BCUT2D eigenvalue weighted by atomic mass is 15.2. The lowest BCUT2D eigenvalue weighted by molar-refractivity contribution is -0.0553. The summed E-state index contributed by atoms with van der Waals surface area (Å²) >= 11 is 0. The second kappa shape index (κ2) is 5.13. The van der Waals surface area contributed by atoms with Crippen molar-refractivity contribution in [2.24, 2.45) is 5.41 Å². The maximum Gasteiger partial charge on any atom is 0.0125 e. The summed E-state index contributed by atoms with van der Waals surface area (Å²) < 4.78 is 0. The van der Waals surface area contributed by atoms with E-state index in [2.05, 4.69) is 44.4 Å². The highest BCUT2D eigenvalue weighted by Crippen LogP contribution is 2.51. The molecule has 1 aliphatic heterocycles. The molecule has 0 N–H and O–H groups in total. The van der Waals surface area contributed by atoms with E-state index in [1.54, 1.807) is 0 Å². The summed E-state index contributed by atoms with van der Waals surface area (Å²) in [6.45, 7) is 16.7. The van der Waals surface area contributed by atoms with Crippen molar-refractivity contribution in [2.75, 3.05) is 26.2 Å². The lowest BCUT2D eigenvalue weighted by atomic mass is 9.59. The Labute approximate surface area is 114 Å². The van der Waals surface area contributed by atoms with Crippen molar-refractivity contribution < 1.29 is 0 Å². The molecule has 0 amide bonds. The van der Waals surface area contributed by atoms with Gasteiger partial charge in [-0.25, -0.2) is 0 Å². The maximum absolute atomic E-state index is 2.67. The summed E-state index contributed by atoms with van der Waals surface area (Å²) in [6, 6.07) is 0.890. The van der Waals surface area contributed by atoms with Crippen molar-refractivity contribution in [3.63, 3.8) is 0 Å². The zero-order valence-corrected chi connectivity index (χ0v) is 13.1. The normalized spacial score (nSPS) is 25.7. The monoisotopic (exact) mass is 252 g/mol. The van der Waals surface area contributed by atoms with E-state index < -0.39 is 0 Å². The third kappa shape index (κ3) is 2.75. The van der Waals surface area contributed by atoms with E-state index in [9.17, 15) is 0 Å². The Morgan fingerprint density at radius 2 is 1.56 bits per heavy atom. The van der Waals surface area contributed by atoms with Gasteiger partial charge in [-0.2, -0.15) is 0 Å². The van der Waals surface area contributed by atoms with Crippen molar-refractivity contribution in [1.29, 1.82) is 0 Å². The first-order chi connectivity index (χ1) is 8.40. The summed E-state index contributed by atoms with van der Waals surface area (Å²) in [5.74, 6) is 0. The predicted octanol–water partition coefficient (Wildman–Crippen LogP) is 3.37. The molecule has 0 radical (unpaired) electrons. The molecule has 0 aromatic heterocycles. The van der Waals surface area contributed by atoms with Crippen LogP contribution in [-0.2, 0) is 0 Å². The Morgan fingerprint density at radius 1 is 1.06 bits per heavy atom. The molecule has 106 valence electrons. The van der Waals surface area contributed by atoms with Gasteiger partial charge in [0.05, 0.1) is 0 Å². The zero-order valence-electron chi connectivity index (χ0n) is 13.1. The molecule has 2 nitrogen and oxygen atoms in total. The van der Waals surface area contributed by atoms with Crippen molar-refractivity contribution >= 4 is 0 Å². The van der Waals surface area contributed by atoms with Crippen molar-refractivity contribution in [2.45, 2.75) is 71.9 Å². The van der Waals surface area contributed by atoms with Gasteiger partial charge in [-0.3, -0.25) is 4.90 Å². The summed E-state index contributed by atoms with van der Waals surface area (Å²) in [5.41, 5.74) is 1.08. The Bertz CT molecular complexity index is 259. The highest BCUT2D eigenvalue weighted by molar-refractivity contribution is 5.01. The molecule has 0 aromatic carbocycles. The van der Waals surface area contributed by atoms with Crippen LogP contribution in [-0.4, -0.2) is 47.6 Å². The number of hydrogen-bond acceptors (Lipinski definition) is 2. The molecule has 1 heterocycles. The first kappa shape index (κ1) is 14.3. The second-order valence-electron chi connectivity index (χ2n) is 7.44. The molecular weight excluding hydrogens is 220 g/mol. The number of piperidine rings is 1. The van der Waals surface area contributed by atoms with E-state index in [0.717, 1.165) is 11.5 Å². The highest BCUT2D eigenvalue weighted by Gasteiger charge is 2.47. The molecule has 0 bridgehead atoms. The summed E-state index contributed by atoms with van der Waals surface area (Å²) in [4.78, 5) is 5.32. The molecular formula is C16H32N2. The van der Waals surface area contributed by atoms with Gasteiger partial charge in [0.1, 0.15) is 0 Å². The third-order valence-electron chi connectivity index (χ3n) is 5.44. The number of rotatable bonds is 3. The number of nitrogens with zero attached hydrogens (tertiary/aromatic N) is 2. The van der Waals surface area contributed by atoms with Crippen LogP contribution in [0.2, 0.25) is 0 Å². The van der Waals surface area contributed by atoms with Gasteiger partial charge < -0.3 is 4.90 Å². The molecule has 2 rings (SSSR count). The molecule has 2 heteroatoms. The van der Waals surface area contributed by atoms with Crippen molar-refractivity contribution in [1.82, 2.24) is 9.80 Å². The van der Waals surface area contributed by atoms with Crippen LogP contribution in [0, 0.1) is 5.41 Å². The molecule has 18 heavy (non-hydrogen) atoms. The predicted molar refractivity (Wildman–Crippen MR) is 78.9 cm³/mol. The van der Waals surface area contributed by atoms with E-state index in [-0.39, 0.29) is 0 Å². The van der Waals surface area contributed by atoms with Gasteiger partial charge in [0.25, 0.3) is 0 Å². The topological polar surface area (TPSA) is 6.48 Å². The molecule has 0 aromatic rings. The Kier molecular flexibility index (Phi) is 4.08. The molecule has 1 aliphatic carbocycles. The van der Waals surface area contributed by atoms with Crippen LogP contribution in [0.3, 0.4) is 0 Å². The van der Waals surface area contributed by atoms with Crippen LogP contribution in [0.15, 0.2) is 0 Å². The van der Waals surface area contributed by atoms with E-state index >= 15 is 0 Å². The van der Waals surface area contributed by atoms with Crippen LogP contribution in [0.25, 0.3) is 0 Å². The van der Waals surface area contributed by atoms with Gasteiger partial charge in [-0.05, 0) is 78.0 Å². The van der Waals surface area contributed by atoms with Crippen LogP contribution in [0.1, 0.15) is 60.3 Å². The van der Waals surface area contributed by atoms with Crippen LogP contribution >= 0.6 is 0 Å². The first-order valence-electron chi connectivity index (χ1n) is 7.89. The van der Waals surface area contributed by atoms with E-state index in [1.165, 1.54) is 51.9 Å². The quantitative estimate of drug-likeness (QED) is 0.760. The third-order valence-corrected chi connectivity index (χ3v) is 5.44. The van der Waals surface area contributed by atoms with Gasteiger partial charge in [0.15, 0.2) is 0 Å². The zero-order chi connectivity index (χ0) is 13.4. The summed E-state index contributed by atoms with van der Waals surface area (Å²) in [6.07, 6.45) is 5.80. The van der Waals surface area contributed by atoms with Crippen molar-refractivity contribution in [3.05, 3.63) is 0 Å². The Hall–Kier alpha value is -0.0800.